The highest BCUT2D eigenvalue weighted by atomic mass is 35.5. The number of amides is 1. The summed E-state index contributed by atoms with van der Waals surface area (Å²) in [6.07, 6.45) is 2.12. The third-order valence-electron chi connectivity index (χ3n) is 2.84. The van der Waals surface area contributed by atoms with Gasteiger partial charge in [-0.15, -0.1) is 0 Å². The smallest absolute Gasteiger partial charge is 0.242 e. The first kappa shape index (κ1) is 14.2. The maximum Gasteiger partial charge on any atom is 0.242 e. The van der Waals surface area contributed by atoms with Crippen molar-refractivity contribution >= 4 is 40.7 Å². The summed E-state index contributed by atoms with van der Waals surface area (Å²) in [7, 11) is 1.72. The molecule has 104 valence electrons. The fraction of sp³-hybridized carbons (Fsp3) is 0.500. The van der Waals surface area contributed by atoms with Crippen LogP contribution in [-0.4, -0.2) is 30.0 Å². The number of rotatable bonds is 5. The molecule has 1 amide bonds. The summed E-state index contributed by atoms with van der Waals surface area (Å²) >= 11 is 12.0. The van der Waals surface area contributed by atoms with E-state index in [1.165, 1.54) is 0 Å². The molecule has 0 saturated heterocycles. The SMILES string of the molecule is CNc1nc(NC(C)C(=O)NC2CC2)c(Cl)cc1Cl. The minimum Gasteiger partial charge on any atom is -0.372 e. The Hall–Kier alpha value is -1.20. The predicted molar refractivity (Wildman–Crippen MR) is 78.1 cm³/mol. The molecule has 0 bridgehead atoms. The Labute approximate surface area is 122 Å². The van der Waals surface area contributed by atoms with Gasteiger partial charge in [0, 0.05) is 13.1 Å². The average Bonchev–Trinajstić information content (AvgIpc) is 3.16. The Bertz CT molecular complexity index is 491. The molecule has 1 aliphatic rings. The third kappa shape index (κ3) is 3.64. The maximum absolute atomic E-state index is 11.8. The monoisotopic (exact) mass is 302 g/mol. The van der Waals surface area contributed by atoms with Gasteiger partial charge in [0.2, 0.25) is 5.91 Å². The standard InChI is InChI=1S/C12H16Cl2N4O/c1-6(12(19)17-7-3-4-7)16-11-9(14)5-8(13)10(15-2)18-11/h5-7H,3-4H2,1-2H3,(H,17,19)(H2,15,16,18). The molecule has 0 radical (unpaired) electrons. The van der Waals surface area contributed by atoms with E-state index in [1.54, 1.807) is 20.0 Å². The molecule has 1 aromatic rings. The largest absolute Gasteiger partial charge is 0.372 e. The van der Waals surface area contributed by atoms with Gasteiger partial charge in [0.15, 0.2) is 0 Å². The van der Waals surface area contributed by atoms with Gasteiger partial charge in [0.25, 0.3) is 0 Å². The van der Waals surface area contributed by atoms with Crippen molar-refractivity contribution in [3.63, 3.8) is 0 Å². The van der Waals surface area contributed by atoms with E-state index in [4.69, 9.17) is 23.2 Å². The molecule has 1 atom stereocenters. The minimum atomic E-state index is -0.406. The number of hydrogen-bond acceptors (Lipinski definition) is 4. The second-order valence-corrected chi connectivity index (χ2v) is 5.36. The van der Waals surface area contributed by atoms with Gasteiger partial charge in [-0.05, 0) is 25.8 Å². The Morgan fingerprint density at radius 1 is 1.37 bits per heavy atom. The van der Waals surface area contributed by atoms with Gasteiger partial charge < -0.3 is 16.0 Å². The number of pyridine rings is 1. The van der Waals surface area contributed by atoms with Gasteiger partial charge in [-0.1, -0.05) is 23.2 Å². The second kappa shape index (κ2) is 5.84. The van der Waals surface area contributed by atoms with Gasteiger partial charge in [-0.2, -0.15) is 0 Å². The minimum absolute atomic E-state index is 0.0543. The molecule has 1 aliphatic carbocycles. The number of nitrogens with zero attached hydrogens (tertiary/aromatic N) is 1. The lowest BCUT2D eigenvalue weighted by atomic mass is 10.3. The van der Waals surface area contributed by atoms with Crippen LogP contribution in [0.2, 0.25) is 10.0 Å². The van der Waals surface area contributed by atoms with E-state index in [0.29, 0.717) is 27.7 Å². The summed E-state index contributed by atoms with van der Waals surface area (Å²) < 4.78 is 0. The predicted octanol–water partition coefficient (Wildman–Crippen LogP) is 2.51. The van der Waals surface area contributed by atoms with Crippen molar-refractivity contribution in [2.75, 3.05) is 17.7 Å². The summed E-state index contributed by atoms with van der Waals surface area (Å²) in [5.41, 5.74) is 0. The fourth-order valence-corrected chi connectivity index (χ4v) is 2.08. The Balaban J connectivity index is 2.06. The molecule has 7 heteroatoms. The van der Waals surface area contributed by atoms with Crippen molar-refractivity contribution < 1.29 is 4.79 Å². The highest BCUT2D eigenvalue weighted by Gasteiger charge is 2.26. The highest BCUT2D eigenvalue weighted by Crippen LogP contribution is 2.29. The van der Waals surface area contributed by atoms with Crippen LogP contribution in [0.4, 0.5) is 11.6 Å². The lowest BCUT2D eigenvalue weighted by Crippen LogP contribution is -2.38. The number of carbonyl (C=O) groups is 1. The van der Waals surface area contributed by atoms with E-state index in [0.717, 1.165) is 12.8 Å². The summed E-state index contributed by atoms with van der Waals surface area (Å²) in [5.74, 6) is 0.901. The van der Waals surface area contributed by atoms with E-state index in [2.05, 4.69) is 20.9 Å². The normalized spacial score (nSPS) is 15.8. The van der Waals surface area contributed by atoms with Gasteiger partial charge in [0.05, 0.1) is 10.0 Å². The van der Waals surface area contributed by atoms with Crippen LogP contribution in [0.15, 0.2) is 6.07 Å². The number of nitrogens with one attached hydrogen (secondary N) is 3. The van der Waals surface area contributed by atoms with Gasteiger partial charge in [-0.3, -0.25) is 4.79 Å². The van der Waals surface area contributed by atoms with Crippen molar-refractivity contribution in [3.8, 4) is 0 Å². The molecule has 0 aromatic carbocycles. The number of halogens is 2. The quantitative estimate of drug-likeness (QED) is 0.782. The first-order valence-electron chi connectivity index (χ1n) is 6.12. The van der Waals surface area contributed by atoms with Crippen molar-refractivity contribution in [2.45, 2.75) is 31.8 Å². The van der Waals surface area contributed by atoms with Crippen LogP contribution in [0.25, 0.3) is 0 Å². The second-order valence-electron chi connectivity index (χ2n) is 4.55. The van der Waals surface area contributed by atoms with E-state index in [1.807, 2.05) is 0 Å². The molecule has 1 aromatic heterocycles. The topological polar surface area (TPSA) is 66.0 Å². The van der Waals surface area contributed by atoms with Crippen LogP contribution in [-0.2, 0) is 4.79 Å². The van der Waals surface area contributed by atoms with Crippen molar-refractivity contribution in [1.82, 2.24) is 10.3 Å². The highest BCUT2D eigenvalue weighted by molar-refractivity contribution is 6.37. The van der Waals surface area contributed by atoms with Crippen LogP contribution in [0, 0.1) is 0 Å². The third-order valence-corrected chi connectivity index (χ3v) is 3.41. The molecule has 3 N–H and O–H groups in total. The zero-order valence-electron chi connectivity index (χ0n) is 10.8. The summed E-state index contributed by atoms with van der Waals surface area (Å²) in [6, 6.07) is 1.52. The molecule has 1 heterocycles. The number of anilines is 2. The van der Waals surface area contributed by atoms with Gasteiger partial charge in [0.1, 0.15) is 17.7 Å². The van der Waals surface area contributed by atoms with E-state index in [9.17, 15) is 4.79 Å². The molecule has 1 fully saturated rings. The first-order valence-corrected chi connectivity index (χ1v) is 6.87. The molecule has 1 unspecified atom stereocenters. The zero-order valence-corrected chi connectivity index (χ0v) is 12.3. The van der Waals surface area contributed by atoms with E-state index in [-0.39, 0.29) is 5.91 Å². The Kier molecular flexibility index (Phi) is 4.37. The van der Waals surface area contributed by atoms with E-state index < -0.39 is 6.04 Å². The number of aromatic nitrogens is 1. The first-order chi connectivity index (χ1) is 9.01. The number of hydrogen-bond donors (Lipinski definition) is 3. The molecular weight excluding hydrogens is 287 g/mol. The average molecular weight is 303 g/mol. The van der Waals surface area contributed by atoms with Crippen LogP contribution in [0.3, 0.4) is 0 Å². The van der Waals surface area contributed by atoms with Crippen molar-refractivity contribution in [3.05, 3.63) is 16.1 Å². The summed E-state index contributed by atoms with van der Waals surface area (Å²) in [5, 5.41) is 9.60. The number of carbonyl (C=O) groups excluding carboxylic acids is 1. The molecule has 1 saturated carbocycles. The van der Waals surface area contributed by atoms with Crippen LogP contribution in [0.1, 0.15) is 19.8 Å². The Morgan fingerprint density at radius 3 is 2.58 bits per heavy atom. The molecule has 0 aliphatic heterocycles. The molecule has 2 rings (SSSR count). The fourth-order valence-electron chi connectivity index (χ4n) is 1.57. The van der Waals surface area contributed by atoms with Gasteiger partial charge in [-0.25, -0.2) is 4.98 Å². The lowest BCUT2D eigenvalue weighted by Gasteiger charge is -2.16. The van der Waals surface area contributed by atoms with E-state index >= 15 is 0 Å². The molecule has 0 spiro atoms. The maximum atomic E-state index is 11.8. The van der Waals surface area contributed by atoms with Crippen molar-refractivity contribution in [1.29, 1.82) is 0 Å². The molecular formula is C12H16Cl2N4O. The summed E-state index contributed by atoms with van der Waals surface area (Å²) in [6.45, 7) is 1.77. The van der Waals surface area contributed by atoms with Gasteiger partial charge >= 0.3 is 0 Å². The van der Waals surface area contributed by atoms with Crippen LogP contribution < -0.4 is 16.0 Å². The van der Waals surface area contributed by atoms with Crippen LogP contribution >= 0.6 is 23.2 Å². The van der Waals surface area contributed by atoms with Crippen molar-refractivity contribution in [2.24, 2.45) is 0 Å². The van der Waals surface area contributed by atoms with Crippen LogP contribution in [0.5, 0.6) is 0 Å². The molecule has 5 nitrogen and oxygen atoms in total. The summed E-state index contributed by atoms with van der Waals surface area (Å²) in [4.78, 5) is 16.1. The Morgan fingerprint density at radius 2 is 2.00 bits per heavy atom. The zero-order chi connectivity index (χ0) is 14.0. The molecule has 19 heavy (non-hydrogen) atoms. The lowest BCUT2D eigenvalue weighted by molar-refractivity contribution is -0.121.